The molecule has 4 rings (SSSR count). The predicted molar refractivity (Wildman–Crippen MR) is 128 cm³/mol. The first kappa shape index (κ1) is 25.7. The van der Waals surface area contributed by atoms with E-state index >= 15 is 0 Å². The number of aliphatic carboxylic acids is 1. The average molecular weight is 543 g/mol. The van der Waals surface area contributed by atoms with Crippen molar-refractivity contribution in [3.05, 3.63) is 57.6 Å². The lowest BCUT2D eigenvalue weighted by atomic mass is 9.97. The lowest BCUT2D eigenvalue weighted by Gasteiger charge is -2.39. The fourth-order valence-electron chi connectivity index (χ4n) is 4.29. The standard InChI is InChI=1S/C23H24Cl2N2O7S/c24-14-9-15(25)11-16(10-14)35(32,33)27-6-5-19(27)23(31)26-18(12-22(29)30)13-3-4-17(20(28)8-13)21-2-1-7-34-21/h3-4,8-11,18-19,21,28H,1-2,5-7,12H2,(H,26,31)(H,29,30)/t18-,19?,21-/m0/s1. The van der Waals surface area contributed by atoms with Crippen molar-refractivity contribution in [2.75, 3.05) is 13.2 Å². The van der Waals surface area contributed by atoms with E-state index in [0.29, 0.717) is 17.7 Å². The second-order valence-corrected chi connectivity index (χ2v) is 11.3. The van der Waals surface area contributed by atoms with Gasteiger partial charge in [-0.3, -0.25) is 9.59 Å². The average Bonchev–Trinajstić information content (AvgIpc) is 3.25. The third-order valence-electron chi connectivity index (χ3n) is 6.14. The molecule has 2 aromatic rings. The number of benzene rings is 2. The molecule has 2 aliphatic heterocycles. The van der Waals surface area contributed by atoms with E-state index in [1.54, 1.807) is 12.1 Å². The Kier molecular flexibility index (Phi) is 7.58. The van der Waals surface area contributed by atoms with Gasteiger partial charge >= 0.3 is 5.97 Å². The van der Waals surface area contributed by atoms with Crippen molar-refractivity contribution < 1.29 is 33.0 Å². The van der Waals surface area contributed by atoms with Crippen LogP contribution in [0.4, 0.5) is 0 Å². The molecular formula is C23H24Cl2N2O7S. The topological polar surface area (TPSA) is 133 Å². The molecular weight excluding hydrogens is 519 g/mol. The van der Waals surface area contributed by atoms with Gasteiger partial charge in [0, 0.05) is 28.8 Å². The van der Waals surface area contributed by atoms with Gasteiger partial charge in [-0.25, -0.2) is 8.42 Å². The summed E-state index contributed by atoms with van der Waals surface area (Å²) < 4.78 is 32.8. The zero-order valence-corrected chi connectivity index (χ0v) is 20.8. The first-order valence-corrected chi connectivity index (χ1v) is 13.2. The molecule has 2 aromatic carbocycles. The highest BCUT2D eigenvalue weighted by Gasteiger charge is 2.43. The van der Waals surface area contributed by atoms with Gasteiger partial charge in [0.05, 0.1) is 23.5 Å². The number of nitrogens with one attached hydrogen (secondary N) is 1. The van der Waals surface area contributed by atoms with Crippen LogP contribution in [0.25, 0.3) is 0 Å². The third kappa shape index (κ3) is 5.57. The molecule has 2 saturated heterocycles. The summed E-state index contributed by atoms with van der Waals surface area (Å²) >= 11 is 11.9. The van der Waals surface area contributed by atoms with Gasteiger partial charge in [-0.05, 0) is 49.1 Å². The third-order valence-corrected chi connectivity index (χ3v) is 8.47. The minimum absolute atomic E-state index is 0.0512. The maximum absolute atomic E-state index is 13.1. The Hall–Kier alpha value is -2.37. The van der Waals surface area contributed by atoms with Gasteiger partial charge < -0.3 is 20.3 Å². The van der Waals surface area contributed by atoms with Crippen molar-refractivity contribution in [3.8, 4) is 5.75 Å². The maximum atomic E-state index is 13.1. The van der Waals surface area contributed by atoms with Gasteiger partial charge in [-0.1, -0.05) is 35.3 Å². The van der Waals surface area contributed by atoms with Crippen LogP contribution in [-0.2, 0) is 24.3 Å². The Bertz CT molecular complexity index is 1230. The molecule has 2 heterocycles. The number of phenols is 1. The number of carboxylic acid groups (broad SMARTS) is 1. The van der Waals surface area contributed by atoms with Crippen molar-refractivity contribution in [2.24, 2.45) is 0 Å². The second-order valence-electron chi connectivity index (χ2n) is 8.50. The number of hydrogen-bond acceptors (Lipinski definition) is 6. The van der Waals surface area contributed by atoms with E-state index in [1.165, 1.54) is 24.3 Å². The van der Waals surface area contributed by atoms with Gasteiger partial charge in [0.2, 0.25) is 15.9 Å². The molecule has 0 aromatic heterocycles. The molecule has 12 heteroatoms. The number of halogens is 2. The molecule has 35 heavy (non-hydrogen) atoms. The Labute approximate surface area is 212 Å². The highest BCUT2D eigenvalue weighted by Crippen LogP contribution is 2.36. The molecule has 0 spiro atoms. The highest BCUT2D eigenvalue weighted by atomic mass is 35.5. The van der Waals surface area contributed by atoms with Gasteiger partial charge in [-0.15, -0.1) is 0 Å². The number of rotatable bonds is 8. The summed E-state index contributed by atoms with van der Waals surface area (Å²) in [7, 11) is -4.05. The van der Waals surface area contributed by atoms with Gasteiger partial charge in [0.1, 0.15) is 11.8 Å². The fraction of sp³-hybridized carbons (Fsp3) is 0.391. The normalized spacial score (nSPS) is 21.3. The van der Waals surface area contributed by atoms with Gasteiger partial charge in [0.15, 0.2) is 0 Å². The zero-order valence-electron chi connectivity index (χ0n) is 18.5. The monoisotopic (exact) mass is 542 g/mol. The molecule has 2 fully saturated rings. The highest BCUT2D eigenvalue weighted by molar-refractivity contribution is 7.89. The number of hydrogen-bond donors (Lipinski definition) is 3. The Morgan fingerprint density at radius 3 is 2.40 bits per heavy atom. The number of amides is 1. The first-order valence-electron chi connectivity index (χ1n) is 11.0. The van der Waals surface area contributed by atoms with Crippen molar-refractivity contribution >= 4 is 45.1 Å². The van der Waals surface area contributed by atoms with Crippen LogP contribution < -0.4 is 5.32 Å². The summed E-state index contributed by atoms with van der Waals surface area (Å²) in [5, 5.41) is 22.8. The van der Waals surface area contributed by atoms with Crippen LogP contribution in [0.5, 0.6) is 5.75 Å². The number of aromatic hydroxyl groups is 1. The number of carbonyl (C=O) groups is 2. The molecule has 0 saturated carbocycles. The Morgan fingerprint density at radius 1 is 1.14 bits per heavy atom. The van der Waals surface area contributed by atoms with Gasteiger partial charge in [0.25, 0.3) is 0 Å². The molecule has 3 N–H and O–H groups in total. The first-order chi connectivity index (χ1) is 16.6. The molecule has 0 radical (unpaired) electrons. The Balaban J connectivity index is 1.53. The smallest absolute Gasteiger partial charge is 0.305 e. The van der Waals surface area contributed by atoms with Crippen LogP contribution in [0, 0.1) is 0 Å². The number of carboxylic acids is 1. The molecule has 0 aliphatic carbocycles. The largest absolute Gasteiger partial charge is 0.508 e. The molecule has 1 unspecified atom stereocenters. The minimum Gasteiger partial charge on any atom is -0.508 e. The van der Waals surface area contributed by atoms with Crippen LogP contribution in [0.3, 0.4) is 0 Å². The van der Waals surface area contributed by atoms with Gasteiger partial charge in [-0.2, -0.15) is 4.31 Å². The zero-order chi connectivity index (χ0) is 25.3. The number of phenolic OH excluding ortho intramolecular Hbond substituents is 1. The number of carbonyl (C=O) groups excluding carboxylic acids is 1. The van der Waals surface area contributed by atoms with Crippen LogP contribution >= 0.6 is 23.2 Å². The van der Waals surface area contributed by atoms with E-state index in [2.05, 4.69) is 5.32 Å². The summed E-state index contributed by atoms with van der Waals surface area (Å²) in [5.41, 5.74) is 0.985. The molecule has 188 valence electrons. The van der Waals surface area contributed by atoms with Crippen LogP contribution in [0.2, 0.25) is 10.0 Å². The summed E-state index contributed by atoms with van der Waals surface area (Å²) in [6.45, 7) is 0.719. The summed E-state index contributed by atoms with van der Waals surface area (Å²) in [5.74, 6) is -1.85. The molecule has 2 aliphatic rings. The van der Waals surface area contributed by atoms with Crippen molar-refractivity contribution in [2.45, 2.75) is 48.8 Å². The number of sulfonamides is 1. The van der Waals surface area contributed by atoms with Crippen LogP contribution in [0.1, 0.15) is 49.0 Å². The quantitative estimate of drug-likeness (QED) is 0.463. The molecule has 1 amide bonds. The van der Waals surface area contributed by atoms with E-state index in [9.17, 15) is 28.2 Å². The SMILES string of the molecule is O=C(O)C[C@H](NC(=O)C1CCN1S(=O)(=O)c1cc(Cl)cc(Cl)c1)c1ccc([C@@H]2CCCO2)c(O)c1. The molecule has 3 atom stereocenters. The molecule has 0 bridgehead atoms. The van der Waals surface area contributed by atoms with Crippen LogP contribution in [-0.4, -0.2) is 54.0 Å². The Morgan fingerprint density at radius 2 is 1.86 bits per heavy atom. The minimum atomic E-state index is -4.05. The second kappa shape index (κ2) is 10.3. The lowest BCUT2D eigenvalue weighted by Crippen LogP contribution is -2.58. The summed E-state index contributed by atoms with van der Waals surface area (Å²) in [6.07, 6.45) is 1.24. The lowest BCUT2D eigenvalue weighted by molar-refractivity contribution is -0.138. The van der Waals surface area contributed by atoms with E-state index in [0.717, 1.165) is 17.1 Å². The van der Waals surface area contributed by atoms with Crippen molar-refractivity contribution in [1.29, 1.82) is 0 Å². The summed E-state index contributed by atoms with van der Waals surface area (Å²) in [4.78, 5) is 24.4. The number of ether oxygens (including phenoxy) is 1. The van der Waals surface area contributed by atoms with E-state index < -0.39 is 40.4 Å². The summed E-state index contributed by atoms with van der Waals surface area (Å²) in [6, 6.07) is 6.61. The van der Waals surface area contributed by atoms with E-state index in [4.69, 9.17) is 27.9 Å². The van der Waals surface area contributed by atoms with Crippen LogP contribution in [0.15, 0.2) is 41.3 Å². The van der Waals surface area contributed by atoms with Crippen molar-refractivity contribution in [1.82, 2.24) is 9.62 Å². The predicted octanol–water partition coefficient (Wildman–Crippen LogP) is 3.65. The molecule has 9 nitrogen and oxygen atoms in total. The maximum Gasteiger partial charge on any atom is 0.305 e. The fourth-order valence-corrected chi connectivity index (χ4v) is 6.65. The van der Waals surface area contributed by atoms with E-state index in [-0.39, 0.29) is 39.8 Å². The van der Waals surface area contributed by atoms with Crippen molar-refractivity contribution in [3.63, 3.8) is 0 Å². The number of nitrogens with zero attached hydrogens (tertiary/aromatic N) is 1. The van der Waals surface area contributed by atoms with E-state index in [1.807, 2.05) is 0 Å².